The van der Waals surface area contributed by atoms with Gasteiger partial charge in [-0.3, -0.25) is 4.79 Å². The summed E-state index contributed by atoms with van der Waals surface area (Å²) in [6.07, 6.45) is 0. The first kappa shape index (κ1) is 31.9. The Labute approximate surface area is 152 Å². The zero-order valence-corrected chi connectivity index (χ0v) is 16.9. The Morgan fingerprint density at radius 3 is 1.24 bits per heavy atom. The van der Waals surface area contributed by atoms with Gasteiger partial charge in [0.2, 0.25) is 5.91 Å². The van der Waals surface area contributed by atoms with Crippen LogP contribution >= 0.6 is 0 Å². The number of methoxy groups -OCH3 is 3. The van der Waals surface area contributed by atoms with E-state index in [0.717, 1.165) is 0 Å². The molecule has 9 heteroatoms. The normalized spacial score (nSPS) is 8.84. The summed E-state index contributed by atoms with van der Waals surface area (Å²) in [5.41, 5.74) is 0. The summed E-state index contributed by atoms with van der Waals surface area (Å²) < 4.78 is 23.5. The van der Waals surface area contributed by atoms with Crippen LogP contribution in [0.4, 0.5) is 0 Å². The second-order valence-electron chi connectivity index (χ2n) is 4.48. The first-order valence-electron chi connectivity index (χ1n) is 7.82. The lowest BCUT2D eigenvalue weighted by Gasteiger charge is -2.02. The molecule has 0 aromatic carbocycles. The number of rotatable bonds is 10. The van der Waals surface area contributed by atoms with E-state index in [1.165, 1.54) is 11.8 Å². The fourth-order valence-corrected chi connectivity index (χ4v) is 0.618. The van der Waals surface area contributed by atoms with Gasteiger partial charge in [0.15, 0.2) is 0 Å². The molecule has 0 unspecified atom stereocenters. The van der Waals surface area contributed by atoms with Gasteiger partial charge in [-0.2, -0.15) is 0 Å². The Kier molecular flexibility index (Phi) is 44.1. The van der Waals surface area contributed by atoms with Crippen LogP contribution in [0.15, 0.2) is 0 Å². The predicted octanol–water partition coefficient (Wildman–Crippen LogP) is -0.359. The van der Waals surface area contributed by atoms with Gasteiger partial charge in [-0.25, -0.2) is 0 Å². The van der Waals surface area contributed by atoms with Gasteiger partial charge in [0.1, 0.15) is 0 Å². The summed E-state index contributed by atoms with van der Waals surface area (Å²) in [4.78, 5) is 11.6. The largest absolute Gasteiger partial charge is 0.394 e. The third-order valence-corrected chi connectivity index (χ3v) is 1.96. The van der Waals surface area contributed by atoms with E-state index in [9.17, 15) is 4.79 Å². The third-order valence-electron chi connectivity index (χ3n) is 1.96. The van der Waals surface area contributed by atoms with Crippen molar-refractivity contribution in [1.29, 1.82) is 0 Å². The van der Waals surface area contributed by atoms with Crippen molar-refractivity contribution in [3.05, 3.63) is 0 Å². The number of hydrogen-bond donors (Lipinski definition) is 2. The van der Waals surface area contributed by atoms with Crippen molar-refractivity contribution in [3.63, 3.8) is 0 Å². The summed E-state index contributed by atoms with van der Waals surface area (Å²) in [7, 11) is 10.0. The SMILES string of the molecule is CC(=O)N(C)C.COC.COCCOCCOC.OCCOCCO. The maximum atomic E-state index is 10.1. The molecule has 0 heterocycles. The Balaban J connectivity index is -0.000000125. The summed E-state index contributed by atoms with van der Waals surface area (Å²) >= 11 is 0. The van der Waals surface area contributed by atoms with E-state index in [2.05, 4.69) is 9.47 Å². The second kappa shape index (κ2) is 34.5. The van der Waals surface area contributed by atoms with Crippen LogP contribution < -0.4 is 0 Å². The molecule has 0 saturated carbocycles. The van der Waals surface area contributed by atoms with E-state index in [1.54, 1.807) is 42.5 Å². The summed E-state index contributed by atoms with van der Waals surface area (Å²) in [5.74, 6) is 0.0926. The Bertz CT molecular complexity index is 208. The molecule has 0 aromatic rings. The van der Waals surface area contributed by atoms with E-state index in [0.29, 0.717) is 39.6 Å². The highest BCUT2D eigenvalue weighted by Gasteiger charge is 1.87. The van der Waals surface area contributed by atoms with E-state index >= 15 is 0 Å². The molecule has 0 radical (unpaired) electrons. The van der Waals surface area contributed by atoms with Crippen molar-refractivity contribution in [2.75, 3.05) is 95.4 Å². The Morgan fingerprint density at radius 2 is 1.04 bits per heavy atom. The molecule has 0 aliphatic heterocycles. The Hall–Kier alpha value is -0.810. The lowest BCUT2D eigenvalue weighted by molar-refractivity contribution is -0.126. The first-order chi connectivity index (χ1) is 11.9. The van der Waals surface area contributed by atoms with Crippen LogP contribution in [0.25, 0.3) is 0 Å². The van der Waals surface area contributed by atoms with Gasteiger partial charge in [0, 0.05) is 49.5 Å². The molecule has 0 aromatic heterocycles. The molecule has 2 N–H and O–H groups in total. The number of aliphatic hydroxyl groups excluding tert-OH is 2. The number of amides is 1. The number of carbonyl (C=O) groups is 1. The minimum atomic E-state index is 0.0278. The standard InChI is InChI=1S/C6H14O3.C4H9NO.C4H10O3.C2H6O/c1-7-3-5-9-6-4-8-2;1-4(6)5(2)3;5-1-3-7-4-2-6;1-3-2/h3-6H2,1-2H3;1-3H3;5-6H,1-4H2;1-2H3. The van der Waals surface area contributed by atoms with Crippen molar-refractivity contribution < 1.29 is 38.7 Å². The van der Waals surface area contributed by atoms with Gasteiger partial charge < -0.3 is 38.8 Å². The molecule has 0 aliphatic rings. The van der Waals surface area contributed by atoms with Crippen molar-refractivity contribution in [2.45, 2.75) is 6.92 Å². The summed E-state index contributed by atoms with van der Waals surface area (Å²) in [6, 6.07) is 0. The first-order valence-corrected chi connectivity index (χ1v) is 7.82. The maximum Gasteiger partial charge on any atom is 0.218 e. The van der Waals surface area contributed by atoms with Crippen LogP contribution in [0.1, 0.15) is 6.92 Å². The minimum Gasteiger partial charge on any atom is -0.394 e. The van der Waals surface area contributed by atoms with Gasteiger partial charge in [-0.15, -0.1) is 0 Å². The molecule has 1 amide bonds. The zero-order chi connectivity index (χ0) is 20.3. The lowest BCUT2D eigenvalue weighted by Crippen LogP contribution is -2.17. The van der Waals surface area contributed by atoms with Crippen LogP contribution in [-0.4, -0.2) is 116 Å². The van der Waals surface area contributed by atoms with E-state index in [1.807, 2.05) is 0 Å². The van der Waals surface area contributed by atoms with E-state index in [4.69, 9.17) is 24.4 Å². The predicted molar refractivity (Wildman–Crippen MR) is 96.9 cm³/mol. The van der Waals surface area contributed by atoms with Crippen molar-refractivity contribution in [1.82, 2.24) is 4.90 Å². The molecule has 0 atom stereocenters. The quantitative estimate of drug-likeness (QED) is 0.500. The fraction of sp³-hybridized carbons (Fsp3) is 0.938. The number of nitrogens with zero attached hydrogens (tertiary/aromatic N) is 1. The molecular weight excluding hydrogens is 334 g/mol. The average molecular weight is 373 g/mol. The average Bonchev–Trinajstić information content (AvgIpc) is 2.57. The van der Waals surface area contributed by atoms with Gasteiger partial charge in [-0.05, 0) is 0 Å². The minimum absolute atomic E-state index is 0.0278. The van der Waals surface area contributed by atoms with Crippen molar-refractivity contribution >= 4 is 5.91 Å². The fourth-order valence-electron chi connectivity index (χ4n) is 0.618. The van der Waals surface area contributed by atoms with Crippen molar-refractivity contribution in [2.24, 2.45) is 0 Å². The highest BCUT2D eigenvalue weighted by atomic mass is 16.5. The van der Waals surface area contributed by atoms with Crippen LogP contribution in [0.2, 0.25) is 0 Å². The van der Waals surface area contributed by atoms with E-state index < -0.39 is 0 Å². The van der Waals surface area contributed by atoms with Gasteiger partial charge in [0.25, 0.3) is 0 Å². The van der Waals surface area contributed by atoms with Crippen LogP contribution in [0.3, 0.4) is 0 Å². The van der Waals surface area contributed by atoms with Gasteiger partial charge in [0.05, 0.1) is 52.9 Å². The summed E-state index contributed by atoms with van der Waals surface area (Å²) in [6.45, 7) is 4.84. The molecule has 156 valence electrons. The topological polar surface area (TPSA) is 107 Å². The van der Waals surface area contributed by atoms with Gasteiger partial charge in [-0.1, -0.05) is 0 Å². The zero-order valence-electron chi connectivity index (χ0n) is 16.9. The molecule has 9 nitrogen and oxygen atoms in total. The van der Waals surface area contributed by atoms with Crippen LogP contribution in [-0.2, 0) is 28.5 Å². The molecule has 0 fully saturated rings. The highest BCUT2D eigenvalue weighted by Crippen LogP contribution is 1.75. The van der Waals surface area contributed by atoms with Crippen LogP contribution in [0, 0.1) is 0 Å². The number of aliphatic hydroxyl groups is 2. The smallest absolute Gasteiger partial charge is 0.218 e. The third kappa shape index (κ3) is 59.9. The summed E-state index contributed by atoms with van der Waals surface area (Å²) in [5, 5.41) is 16.2. The number of carbonyl (C=O) groups excluding carboxylic acids is 1. The molecule has 0 spiro atoms. The Morgan fingerprint density at radius 1 is 0.760 bits per heavy atom. The molecule has 0 saturated heterocycles. The highest BCUT2D eigenvalue weighted by molar-refractivity contribution is 5.72. The maximum absolute atomic E-state index is 10.1. The number of hydrogen-bond acceptors (Lipinski definition) is 8. The molecular formula is C16H39NO8. The molecule has 0 aliphatic carbocycles. The van der Waals surface area contributed by atoms with Crippen molar-refractivity contribution in [3.8, 4) is 0 Å². The van der Waals surface area contributed by atoms with E-state index in [-0.39, 0.29) is 19.1 Å². The second-order valence-corrected chi connectivity index (χ2v) is 4.48. The molecule has 25 heavy (non-hydrogen) atoms. The molecule has 0 rings (SSSR count). The van der Waals surface area contributed by atoms with Gasteiger partial charge >= 0.3 is 0 Å². The molecule has 0 bridgehead atoms. The van der Waals surface area contributed by atoms with Crippen LogP contribution in [0.5, 0.6) is 0 Å². The lowest BCUT2D eigenvalue weighted by atomic mass is 10.7. The number of ether oxygens (including phenoxy) is 5. The monoisotopic (exact) mass is 373 g/mol.